The summed E-state index contributed by atoms with van der Waals surface area (Å²) in [7, 11) is 0. The van der Waals surface area contributed by atoms with E-state index >= 15 is 0 Å². The third-order valence-corrected chi connectivity index (χ3v) is 3.49. The summed E-state index contributed by atoms with van der Waals surface area (Å²) in [5.41, 5.74) is 1.10. The first kappa shape index (κ1) is 12.9. The van der Waals surface area contributed by atoms with Gasteiger partial charge in [-0.05, 0) is 50.3 Å². The van der Waals surface area contributed by atoms with Gasteiger partial charge in [0.15, 0.2) is 0 Å². The summed E-state index contributed by atoms with van der Waals surface area (Å²) in [5, 5.41) is 9.23. The number of ether oxygens (including phenoxy) is 1. The molecule has 2 atom stereocenters. The highest BCUT2D eigenvalue weighted by molar-refractivity contribution is 5.72. The summed E-state index contributed by atoms with van der Waals surface area (Å²) in [6.45, 7) is 3.98. The number of benzene rings is 1. The van der Waals surface area contributed by atoms with Crippen molar-refractivity contribution in [3.63, 3.8) is 0 Å². The van der Waals surface area contributed by atoms with Crippen molar-refractivity contribution >= 4 is 5.97 Å². The fourth-order valence-corrected chi connectivity index (χ4v) is 2.75. The lowest BCUT2D eigenvalue weighted by Crippen LogP contribution is -2.17. The number of aliphatic carboxylic acids is 1. The minimum atomic E-state index is -0.673. The molecule has 1 N–H and O–H groups in total. The first-order chi connectivity index (χ1) is 8.58. The summed E-state index contributed by atoms with van der Waals surface area (Å²) in [6.07, 6.45) is 2.88. The van der Waals surface area contributed by atoms with E-state index in [0.29, 0.717) is 0 Å². The van der Waals surface area contributed by atoms with Crippen LogP contribution < -0.4 is 4.74 Å². The molecule has 0 heterocycles. The Hall–Kier alpha value is -1.51. The van der Waals surface area contributed by atoms with Gasteiger partial charge in [-0.3, -0.25) is 4.79 Å². The van der Waals surface area contributed by atoms with Gasteiger partial charge in [-0.15, -0.1) is 0 Å². The minimum Gasteiger partial charge on any atom is -0.491 e. The molecular weight excluding hydrogens is 228 g/mol. The quantitative estimate of drug-likeness (QED) is 0.887. The van der Waals surface area contributed by atoms with Gasteiger partial charge in [-0.25, -0.2) is 0 Å². The van der Waals surface area contributed by atoms with Gasteiger partial charge in [0, 0.05) is 0 Å². The molecule has 0 aromatic heterocycles. The van der Waals surface area contributed by atoms with E-state index in [0.717, 1.165) is 30.6 Å². The van der Waals surface area contributed by atoms with E-state index in [1.54, 1.807) is 0 Å². The molecule has 1 aliphatic carbocycles. The molecule has 0 amide bonds. The molecule has 1 fully saturated rings. The molecule has 2 unspecified atom stereocenters. The molecule has 3 heteroatoms. The highest BCUT2D eigenvalue weighted by Gasteiger charge is 2.33. The summed E-state index contributed by atoms with van der Waals surface area (Å²) in [5.74, 6) is 0.0590. The fraction of sp³-hybridized carbons (Fsp3) is 0.533. The molecule has 0 bridgehead atoms. The lowest BCUT2D eigenvalue weighted by atomic mass is 9.89. The number of rotatable bonds is 4. The van der Waals surface area contributed by atoms with Crippen LogP contribution >= 0.6 is 0 Å². The molecule has 1 aliphatic rings. The van der Waals surface area contributed by atoms with Gasteiger partial charge in [-0.2, -0.15) is 0 Å². The summed E-state index contributed by atoms with van der Waals surface area (Å²) >= 11 is 0. The second-order valence-corrected chi connectivity index (χ2v) is 5.22. The maximum atomic E-state index is 11.2. The Kier molecular flexibility index (Phi) is 3.90. The van der Waals surface area contributed by atoms with Gasteiger partial charge in [0.25, 0.3) is 0 Å². The van der Waals surface area contributed by atoms with Crippen molar-refractivity contribution in [2.24, 2.45) is 5.92 Å². The van der Waals surface area contributed by atoms with Gasteiger partial charge >= 0.3 is 5.97 Å². The first-order valence-electron chi connectivity index (χ1n) is 6.57. The molecule has 1 aromatic carbocycles. The standard InChI is InChI=1S/C15H20O3/c1-10(2)18-12-6-3-5-11(9-12)13-7-4-8-14(13)15(16)17/h3,5-6,9-10,13-14H,4,7-8H2,1-2H3,(H,16,17). The van der Waals surface area contributed by atoms with Crippen molar-refractivity contribution in [2.75, 3.05) is 0 Å². The zero-order valence-electron chi connectivity index (χ0n) is 10.9. The Morgan fingerprint density at radius 1 is 1.39 bits per heavy atom. The molecule has 3 nitrogen and oxygen atoms in total. The van der Waals surface area contributed by atoms with Crippen LogP contribution in [0.15, 0.2) is 24.3 Å². The van der Waals surface area contributed by atoms with Crippen LogP contribution in [0.25, 0.3) is 0 Å². The van der Waals surface area contributed by atoms with E-state index in [4.69, 9.17) is 4.74 Å². The normalized spacial score (nSPS) is 23.3. The van der Waals surface area contributed by atoms with Crippen LogP contribution in [0.5, 0.6) is 5.75 Å². The van der Waals surface area contributed by atoms with Crippen molar-refractivity contribution in [3.8, 4) is 5.75 Å². The molecular formula is C15H20O3. The largest absolute Gasteiger partial charge is 0.491 e. The van der Waals surface area contributed by atoms with Crippen molar-refractivity contribution in [1.29, 1.82) is 0 Å². The smallest absolute Gasteiger partial charge is 0.307 e. The van der Waals surface area contributed by atoms with Crippen LogP contribution in [0.3, 0.4) is 0 Å². The van der Waals surface area contributed by atoms with Crippen molar-refractivity contribution in [2.45, 2.75) is 45.1 Å². The Morgan fingerprint density at radius 2 is 2.17 bits per heavy atom. The lowest BCUT2D eigenvalue weighted by molar-refractivity contribution is -0.142. The average molecular weight is 248 g/mol. The second kappa shape index (κ2) is 5.42. The number of hydrogen-bond donors (Lipinski definition) is 1. The van der Waals surface area contributed by atoms with E-state index in [1.807, 2.05) is 38.1 Å². The molecule has 0 aliphatic heterocycles. The van der Waals surface area contributed by atoms with E-state index < -0.39 is 5.97 Å². The van der Waals surface area contributed by atoms with Gasteiger partial charge < -0.3 is 9.84 Å². The van der Waals surface area contributed by atoms with Crippen molar-refractivity contribution in [1.82, 2.24) is 0 Å². The minimum absolute atomic E-state index is 0.137. The Morgan fingerprint density at radius 3 is 2.83 bits per heavy atom. The molecule has 2 rings (SSSR count). The zero-order chi connectivity index (χ0) is 13.1. The van der Waals surface area contributed by atoms with Gasteiger partial charge in [0.1, 0.15) is 5.75 Å². The van der Waals surface area contributed by atoms with E-state index in [-0.39, 0.29) is 17.9 Å². The van der Waals surface area contributed by atoms with E-state index in [1.165, 1.54) is 0 Å². The maximum Gasteiger partial charge on any atom is 0.307 e. The van der Waals surface area contributed by atoms with Crippen molar-refractivity contribution in [3.05, 3.63) is 29.8 Å². The SMILES string of the molecule is CC(C)Oc1cccc(C2CCCC2C(=O)O)c1. The van der Waals surface area contributed by atoms with Gasteiger partial charge in [0.2, 0.25) is 0 Å². The van der Waals surface area contributed by atoms with Crippen LogP contribution in [-0.4, -0.2) is 17.2 Å². The highest BCUT2D eigenvalue weighted by atomic mass is 16.5. The van der Waals surface area contributed by atoms with Crippen LogP contribution in [0.1, 0.15) is 44.6 Å². The third kappa shape index (κ3) is 2.84. The van der Waals surface area contributed by atoms with Crippen LogP contribution in [0.4, 0.5) is 0 Å². The highest BCUT2D eigenvalue weighted by Crippen LogP contribution is 2.40. The maximum absolute atomic E-state index is 11.2. The monoisotopic (exact) mass is 248 g/mol. The number of carboxylic acids is 1. The molecule has 18 heavy (non-hydrogen) atoms. The number of hydrogen-bond acceptors (Lipinski definition) is 2. The first-order valence-corrected chi connectivity index (χ1v) is 6.57. The fourth-order valence-electron chi connectivity index (χ4n) is 2.75. The van der Waals surface area contributed by atoms with Crippen LogP contribution in [0, 0.1) is 5.92 Å². The van der Waals surface area contributed by atoms with Gasteiger partial charge in [-0.1, -0.05) is 18.6 Å². The van der Waals surface area contributed by atoms with Gasteiger partial charge in [0.05, 0.1) is 12.0 Å². The average Bonchev–Trinajstić information content (AvgIpc) is 2.77. The Balaban J connectivity index is 2.19. The van der Waals surface area contributed by atoms with E-state index in [2.05, 4.69) is 0 Å². The third-order valence-electron chi connectivity index (χ3n) is 3.49. The predicted molar refractivity (Wildman–Crippen MR) is 69.9 cm³/mol. The molecule has 0 saturated heterocycles. The summed E-state index contributed by atoms with van der Waals surface area (Å²) in [4.78, 5) is 11.2. The molecule has 0 spiro atoms. The number of carboxylic acid groups (broad SMARTS) is 1. The van der Waals surface area contributed by atoms with E-state index in [9.17, 15) is 9.90 Å². The molecule has 0 radical (unpaired) electrons. The summed E-state index contributed by atoms with van der Waals surface area (Å²) in [6, 6.07) is 7.88. The molecule has 1 saturated carbocycles. The topological polar surface area (TPSA) is 46.5 Å². The van der Waals surface area contributed by atoms with Crippen LogP contribution in [-0.2, 0) is 4.79 Å². The Bertz CT molecular complexity index is 426. The second-order valence-electron chi connectivity index (χ2n) is 5.22. The Labute approximate surface area is 108 Å². The van der Waals surface area contributed by atoms with Crippen molar-refractivity contribution < 1.29 is 14.6 Å². The molecule has 98 valence electrons. The molecule has 1 aromatic rings. The predicted octanol–water partition coefficient (Wildman–Crippen LogP) is 3.44. The summed E-state index contributed by atoms with van der Waals surface area (Å²) < 4.78 is 5.66. The van der Waals surface area contributed by atoms with Crippen LogP contribution in [0.2, 0.25) is 0 Å². The number of carbonyl (C=O) groups is 1. The zero-order valence-corrected chi connectivity index (χ0v) is 10.9. The lowest BCUT2D eigenvalue weighted by Gasteiger charge is -2.18.